The van der Waals surface area contributed by atoms with Gasteiger partial charge in [0.1, 0.15) is 5.38 Å². The average Bonchev–Trinajstić information content (AvgIpc) is 2.73. The molecule has 2 N–H and O–H groups in total. The molecular formula is C21H35ClN4O2. The van der Waals surface area contributed by atoms with Gasteiger partial charge >= 0.3 is 0 Å². The van der Waals surface area contributed by atoms with Crippen LogP contribution in [0.15, 0.2) is 0 Å². The fourth-order valence-electron chi connectivity index (χ4n) is 6.04. The molecule has 0 radical (unpaired) electrons. The van der Waals surface area contributed by atoms with E-state index in [1.165, 1.54) is 57.8 Å². The second-order valence-corrected chi connectivity index (χ2v) is 9.73. The molecule has 2 amide bonds. The molecular weight excluding hydrogens is 376 g/mol. The zero-order valence-electron chi connectivity index (χ0n) is 16.9. The minimum atomic E-state index is -0.602. The smallest absolute Gasteiger partial charge is 0.253 e. The van der Waals surface area contributed by atoms with E-state index < -0.39 is 5.38 Å². The topological polar surface area (TPSA) is 64.7 Å². The third-order valence-electron chi connectivity index (χ3n) is 7.61. The molecule has 7 heteroatoms. The van der Waals surface area contributed by atoms with E-state index in [1.807, 2.05) is 0 Å². The number of carbonyl (C=O) groups excluding carboxylic acids is 2. The molecule has 2 aliphatic heterocycles. The molecule has 0 aromatic rings. The Morgan fingerprint density at radius 2 is 1.71 bits per heavy atom. The molecule has 4 aliphatic rings. The molecule has 2 aliphatic carbocycles. The van der Waals surface area contributed by atoms with Crippen LogP contribution >= 0.6 is 11.6 Å². The van der Waals surface area contributed by atoms with Crippen molar-refractivity contribution in [2.45, 2.75) is 69.2 Å². The second kappa shape index (κ2) is 9.31. The number of nitrogens with one attached hydrogen (secondary N) is 2. The van der Waals surface area contributed by atoms with Gasteiger partial charge in [0.15, 0.2) is 0 Å². The number of hydrogen-bond acceptors (Lipinski definition) is 4. The number of rotatable bonds is 4. The summed E-state index contributed by atoms with van der Waals surface area (Å²) in [6.45, 7) is 3.45. The monoisotopic (exact) mass is 410 g/mol. The largest absolute Gasteiger partial charge is 0.340 e. The molecule has 6 nitrogen and oxygen atoms in total. The average molecular weight is 411 g/mol. The van der Waals surface area contributed by atoms with Crippen LogP contribution in [0.1, 0.15) is 57.8 Å². The van der Waals surface area contributed by atoms with E-state index in [2.05, 4.69) is 20.7 Å². The molecule has 4 rings (SSSR count). The van der Waals surface area contributed by atoms with Crippen LogP contribution in [0.5, 0.6) is 0 Å². The van der Waals surface area contributed by atoms with Crippen molar-refractivity contribution < 1.29 is 9.59 Å². The minimum Gasteiger partial charge on any atom is -0.340 e. The predicted molar refractivity (Wildman–Crippen MR) is 110 cm³/mol. The quantitative estimate of drug-likeness (QED) is 0.697. The van der Waals surface area contributed by atoms with Crippen molar-refractivity contribution in [2.24, 2.45) is 17.8 Å². The standard InChI is InChI=1S/C21H35ClN4O2/c22-20-18(12-23-24-21(20)28)25-10-11-26(19(27)14-25)13-16-8-4-5-9-17(16)15-6-2-1-3-7-15/h15-18,20,23H,1-14H2,(H,24,28). The number of hydrogen-bond donors (Lipinski definition) is 2. The van der Waals surface area contributed by atoms with Gasteiger partial charge in [0.2, 0.25) is 5.91 Å². The van der Waals surface area contributed by atoms with Gasteiger partial charge in [-0.15, -0.1) is 11.6 Å². The molecule has 4 unspecified atom stereocenters. The van der Waals surface area contributed by atoms with E-state index >= 15 is 0 Å². The van der Waals surface area contributed by atoms with E-state index in [4.69, 9.17) is 11.6 Å². The van der Waals surface area contributed by atoms with E-state index in [1.54, 1.807) is 0 Å². The highest BCUT2D eigenvalue weighted by Gasteiger charge is 2.39. The molecule has 0 aromatic heterocycles. The Bertz CT molecular complexity index is 569. The first kappa shape index (κ1) is 20.4. The van der Waals surface area contributed by atoms with Crippen LogP contribution in [-0.4, -0.2) is 65.8 Å². The summed E-state index contributed by atoms with van der Waals surface area (Å²) < 4.78 is 0. The van der Waals surface area contributed by atoms with Gasteiger partial charge in [-0.1, -0.05) is 44.9 Å². The normalized spacial score (nSPS) is 36.4. The summed E-state index contributed by atoms with van der Waals surface area (Å²) >= 11 is 6.29. The van der Waals surface area contributed by atoms with Gasteiger partial charge < -0.3 is 4.90 Å². The lowest BCUT2D eigenvalue weighted by Crippen LogP contribution is -2.65. The lowest BCUT2D eigenvalue weighted by molar-refractivity contribution is -0.140. The summed E-state index contributed by atoms with van der Waals surface area (Å²) in [6.07, 6.45) is 12.3. The fraction of sp³-hybridized carbons (Fsp3) is 0.905. The predicted octanol–water partition coefficient (Wildman–Crippen LogP) is 2.13. The van der Waals surface area contributed by atoms with Crippen LogP contribution in [0.3, 0.4) is 0 Å². The van der Waals surface area contributed by atoms with Crippen molar-refractivity contribution in [3.05, 3.63) is 0 Å². The Morgan fingerprint density at radius 1 is 0.964 bits per heavy atom. The van der Waals surface area contributed by atoms with Crippen LogP contribution in [-0.2, 0) is 9.59 Å². The zero-order chi connectivity index (χ0) is 19.5. The van der Waals surface area contributed by atoms with Crippen molar-refractivity contribution in [1.29, 1.82) is 0 Å². The number of nitrogens with zero attached hydrogens (tertiary/aromatic N) is 2. The second-order valence-electron chi connectivity index (χ2n) is 9.26. The number of hydrazine groups is 1. The van der Waals surface area contributed by atoms with Gasteiger partial charge in [-0.2, -0.15) is 0 Å². The van der Waals surface area contributed by atoms with Gasteiger partial charge in [0.25, 0.3) is 5.91 Å². The summed E-state index contributed by atoms with van der Waals surface area (Å²) in [6, 6.07) is -0.119. The minimum absolute atomic E-state index is 0.119. The van der Waals surface area contributed by atoms with Gasteiger partial charge in [-0.3, -0.25) is 19.9 Å². The molecule has 0 bridgehead atoms. The van der Waals surface area contributed by atoms with Crippen LogP contribution in [0.25, 0.3) is 0 Å². The number of halogens is 1. The Morgan fingerprint density at radius 3 is 2.50 bits per heavy atom. The first-order chi connectivity index (χ1) is 13.6. The van der Waals surface area contributed by atoms with E-state index in [9.17, 15) is 9.59 Å². The van der Waals surface area contributed by atoms with E-state index in [-0.39, 0.29) is 17.9 Å². The highest BCUT2D eigenvalue weighted by atomic mass is 35.5. The molecule has 0 spiro atoms. The van der Waals surface area contributed by atoms with Crippen molar-refractivity contribution in [2.75, 3.05) is 32.7 Å². The van der Waals surface area contributed by atoms with Gasteiger partial charge in [0, 0.05) is 32.2 Å². The number of amides is 2. The van der Waals surface area contributed by atoms with Crippen molar-refractivity contribution in [3.8, 4) is 0 Å². The maximum absolute atomic E-state index is 12.9. The first-order valence-corrected chi connectivity index (χ1v) is 11.8. The zero-order valence-corrected chi connectivity index (χ0v) is 17.6. The lowest BCUT2D eigenvalue weighted by Gasteiger charge is -2.45. The maximum atomic E-state index is 12.9. The molecule has 158 valence electrons. The third-order valence-corrected chi connectivity index (χ3v) is 8.10. The SMILES string of the molecule is O=C1NNCC(N2CCN(CC3CCCCC3C3CCCCC3)C(=O)C2)C1Cl. The van der Waals surface area contributed by atoms with E-state index in [0.717, 1.165) is 31.5 Å². The van der Waals surface area contributed by atoms with Gasteiger partial charge in [0.05, 0.1) is 6.54 Å². The molecule has 0 aromatic carbocycles. The molecule has 2 heterocycles. The highest BCUT2D eigenvalue weighted by Crippen LogP contribution is 2.42. The lowest BCUT2D eigenvalue weighted by atomic mass is 9.68. The van der Waals surface area contributed by atoms with Crippen LogP contribution in [0.4, 0.5) is 0 Å². The Kier molecular flexibility index (Phi) is 6.79. The Balaban J connectivity index is 1.34. The molecule has 28 heavy (non-hydrogen) atoms. The summed E-state index contributed by atoms with van der Waals surface area (Å²) in [7, 11) is 0. The fourth-order valence-corrected chi connectivity index (χ4v) is 6.34. The van der Waals surface area contributed by atoms with E-state index in [0.29, 0.717) is 19.0 Å². The highest BCUT2D eigenvalue weighted by molar-refractivity contribution is 6.31. The Hall–Kier alpha value is -0.850. The molecule has 4 atom stereocenters. The summed E-state index contributed by atoms with van der Waals surface area (Å²) in [5.74, 6) is 2.38. The number of alkyl halides is 1. The van der Waals surface area contributed by atoms with Gasteiger partial charge in [-0.05, 0) is 30.6 Å². The first-order valence-electron chi connectivity index (χ1n) is 11.3. The maximum Gasteiger partial charge on any atom is 0.253 e. The third kappa shape index (κ3) is 4.49. The number of piperazine rings is 1. The Labute approximate surface area is 173 Å². The molecule has 2 saturated carbocycles. The number of carbonyl (C=O) groups is 2. The van der Waals surface area contributed by atoms with Crippen LogP contribution < -0.4 is 10.9 Å². The summed E-state index contributed by atoms with van der Waals surface area (Å²) in [5.41, 5.74) is 5.46. The van der Waals surface area contributed by atoms with Crippen LogP contribution in [0, 0.1) is 17.8 Å². The van der Waals surface area contributed by atoms with Crippen molar-refractivity contribution in [1.82, 2.24) is 20.7 Å². The summed E-state index contributed by atoms with van der Waals surface area (Å²) in [4.78, 5) is 28.9. The molecule has 2 saturated heterocycles. The summed E-state index contributed by atoms with van der Waals surface area (Å²) in [5, 5.41) is -0.602. The van der Waals surface area contributed by atoms with Gasteiger partial charge in [-0.25, -0.2) is 5.43 Å². The van der Waals surface area contributed by atoms with Crippen molar-refractivity contribution in [3.63, 3.8) is 0 Å². The van der Waals surface area contributed by atoms with Crippen molar-refractivity contribution >= 4 is 23.4 Å². The van der Waals surface area contributed by atoms with Crippen LogP contribution in [0.2, 0.25) is 0 Å². The molecule has 4 fully saturated rings.